The van der Waals surface area contributed by atoms with Crippen LogP contribution < -0.4 is 0 Å². The number of alkyl halides is 3. The first-order valence-electron chi connectivity index (χ1n) is 8.88. The summed E-state index contributed by atoms with van der Waals surface area (Å²) in [6, 6.07) is 0. The van der Waals surface area contributed by atoms with Crippen molar-refractivity contribution in [2.45, 2.75) is 90.1 Å². The average molecular weight is 332 g/mol. The molecule has 0 saturated carbocycles. The molecule has 0 aromatic heterocycles. The van der Waals surface area contributed by atoms with Gasteiger partial charge >= 0.3 is 6.18 Å². The molecule has 0 unspecified atom stereocenters. The van der Waals surface area contributed by atoms with Crippen molar-refractivity contribution in [1.29, 1.82) is 0 Å². The van der Waals surface area contributed by atoms with Gasteiger partial charge in [0.15, 0.2) is 0 Å². The van der Waals surface area contributed by atoms with E-state index < -0.39 is 12.0 Å². The summed E-state index contributed by atoms with van der Waals surface area (Å²) in [6.07, 6.45) is 14.7. The molecule has 0 aromatic carbocycles. The SMILES string of the molecule is CCCCC/C=C/C/C=C/CCCCCCCC(=O)C(F)(F)F. The molecule has 0 aromatic rings. The van der Waals surface area contributed by atoms with E-state index >= 15 is 0 Å². The standard InChI is InChI=1S/C19H31F3O/c1-2-3-4-5-6-7-8-9-10-11-12-13-14-15-16-17-18(23)19(20,21)22/h6-7,9-10H,2-5,8,11-17H2,1H3/b7-6+,10-9+. The molecule has 134 valence electrons. The maximum atomic E-state index is 12.0. The second-order valence-corrected chi connectivity index (χ2v) is 5.90. The monoisotopic (exact) mass is 332 g/mol. The van der Waals surface area contributed by atoms with Crippen molar-refractivity contribution < 1.29 is 18.0 Å². The van der Waals surface area contributed by atoms with E-state index in [2.05, 4.69) is 31.2 Å². The summed E-state index contributed by atoms with van der Waals surface area (Å²) in [4.78, 5) is 10.7. The lowest BCUT2D eigenvalue weighted by atomic mass is 10.1. The summed E-state index contributed by atoms with van der Waals surface area (Å²) >= 11 is 0. The first-order chi connectivity index (χ1) is 11.0. The summed E-state index contributed by atoms with van der Waals surface area (Å²) in [5, 5.41) is 0. The van der Waals surface area contributed by atoms with E-state index in [1.165, 1.54) is 25.7 Å². The fourth-order valence-corrected chi connectivity index (χ4v) is 2.24. The molecule has 1 nitrogen and oxygen atoms in total. The van der Waals surface area contributed by atoms with Crippen molar-refractivity contribution in [2.75, 3.05) is 0 Å². The highest BCUT2D eigenvalue weighted by Gasteiger charge is 2.36. The van der Waals surface area contributed by atoms with Gasteiger partial charge in [-0.1, -0.05) is 63.3 Å². The van der Waals surface area contributed by atoms with E-state index in [9.17, 15) is 18.0 Å². The average Bonchev–Trinajstić information content (AvgIpc) is 2.50. The molecule has 0 aliphatic heterocycles. The second kappa shape index (κ2) is 14.5. The van der Waals surface area contributed by atoms with Crippen molar-refractivity contribution in [3.63, 3.8) is 0 Å². The lowest BCUT2D eigenvalue weighted by molar-refractivity contribution is -0.171. The number of halogens is 3. The Bertz CT molecular complexity index is 343. The highest BCUT2D eigenvalue weighted by atomic mass is 19.4. The number of Topliss-reactive ketones (excluding diaryl/α,β-unsaturated/α-hetero) is 1. The van der Waals surface area contributed by atoms with Gasteiger partial charge in [0.1, 0.15) is 0 Å². The van der Waals surface area contributed by atoms with Crippen molar-refractivity contribution in [1.82, 2.24) is 0 Å². The summed E-state index contributed by atoms with van der Waals surface area (Å²) in [7, 11) is 0. The van der Waals surface area contributed by atoms with Crippen molar-refractivity contribution >= 4 is 5.78 Å². The highest BCUT2D eigenvalue weighted by molar-refractivity contribution is 5.83. The van der Waals surface area contributed by atoms with Gasteiger partial charge in [-0.15, -0.1) is 0 Å². The van der Waals surface area contributed by atoms with Crippen LogP contribution in [-0.4, -0.2) is 12.0 Å². The van der Waals surface area contributed by atoms with Gasteiger partial charge in [-0.25, -0.2) is 0 Å². The third-order valence-electron chi connectivity index (χ3n) is 3.67. The molecule has 0 aliphatic carbocycles. The predicted molar refractivity (Wildman–Crippen MR) is 90.4 cm³/mol. The number of carbonyl (C=O) groups excluding carboxylic acids is 1. The lowest BCUT2D eigenvalue weighted by Gasteiger charge is -2.04. The molecule has 0 saturated heterocycles. The van der Waals surface area contributed by atoms with Gasteiger partial charge in [-0.3, -0.25) is 4.79 Å². The maximum absolute atomic E-state index is 12.0. The Morgan fingerprint density at radius 2 is 1.30 bits per heavy atom. The van der Waals surface area contributed by atoms with Crippen LogP contribution in [0.15, 0.2) is 24.3 Å². The molecule has 0 aliphatic rings. The zero-order valence-electron chi connectivity index (χ0n) is 14.3. The smallest absolute Gasteiger partial charge is 0.290 e. The number of allylic oxidation sites excluding steroid dienone is 4. The quantitative estimate of drug-likeness (QED) is 0.249. The molecule has 4 heteroatoms. The molecular weight excluding hydrogens is 301 g/mol. The fourth-order valence-electron chi connectivity index (χ4n) is 2.24. The summed E-state index contributed by atoms with van der Waals surface area (Å²) in [6.45, 7) is 2.20. The van der Waals surface area contributed by atoms with Crippen LogP contribution in [0.3, 0.4) is 0 Å². The van der Waals surface area contributed by atoms with E-state index in [0.717, 1.165) is 32.1 Å². The number of carbonyl (C=O) groups is 1. The number of ketones is 1. The number of hydrogen-bond acceptors (Lipinski definition) is 1. The first kappa shape index (κ1) is 21.9. The van der Waals surface area contributed by atoms with Gasteiger partial charge in [0.25, 0.3) is 0 Å². The molecule has 0 fully saturated rings. The summed E-state index contributed by atoms with van der Waals surface area (Å²) < 4.78 is 35.9. The lowest BCUT2D eigenvalue weighted by Crippen LogP contribution is -2.22. The topological polar surface area (TPSA) is 17.1 Å². The molecule has 0 N–H and O–H groups in total. The Kier molecular flexibility index (Phi) is 13.9. The van der Waals surface area contributed by atoms with Crippen LogP contribution in [0, 0.1) is 0 Å². The molecule has 23 heavy (non-hydrogen) atoms. The van der Waals surface area contributed by atoms with Crippen LogP contribution in [0.1, 0.15) is 84.0 Å². The molecular formula is C19H31F3O. The van der Waals surface area contributed by atoms with Gasteiger partial charge in [0, 0.05) is 6.42 Å². The minimum atomic E-state index is -4.66. The largest absolute Gasteiger partial charge is 0.449 e. The Labute approximate surface area is 139 Å². The normalized spacial score (nSPS) is 12.5. The van der Waals surface area contributed by atoms with E-state index in [1.54, 1.807) is 0 Å². The van der Waals surface area contributed by atoms with Crippen LogP contribution in [-0.2, 0) is 4.79 Å². The third-order valence-corrected chi connectivity index (χ3v) is 3.67. The van der Waals surface area contributed by atoms with Crippen molar-refractivity contribution in [2.24, 2.45) is 0 Å². The Balaban J connectivity index is 3.33. The van der Waals surface area contributed by atoms with E-state index in [-0.39, 0.29) is 6.42 Å². The molecule has 0 spiro atoms. The Hall–Kier alpha value is -1.06. The number of rotatable bonds is 14. The molecule has 0 bridgehead atoms. The van der Waals surface area contributed by atoms with Crippen LogP contribution in [0.25, 0.3) is 0 Å². The van der Waals surface area contributed by atoms with Gasteiger partial charge in [0.05, 0.1) is 0 Å². The Morgan fingerprint density at radius 3 is 1.87 bits per heavy atom. The first-order valence-corrected chi connectivity index (χ1v) is 8.88. The van der Waals surface area contributed by atoms with Crippen LogP contribution >= 0.6 is 0 Å². The van der Waals surface area contributed by atoms with Crippen LogP contribution in [0.5, 0.6) is 0 Å². The van der Waals surface area contributed by atoms with E-state index in [1.807, 2.05) is 0 Å². The van der Waals surface area contributed by atoms with E-state index in [4.69, 9.17) is 0 Å². The van der Waals surface area contributed by atoms with Gasteiger partial charge in [-0.2, -0.15) is 13.2 Å². The zero-order chi connectivity index (χ0) is 17.4. The van der Waals surface area contributed by atoms with E-state index in [0.29, 0.717) is 12.8 Å². The van der Waals surface area contributed by atoms with Gasteiger partial charge in [0.2, 0.25) is 5.78 Å². The summed E-state index contributed by atoms with van der Waals surface area (Å²) in [5.41, 5.74) is 0. The van der Waals surface area contributed by atoms with Crippen LogP contribution in [0.4, 0.5) is 13.2 Å². The van der Waals surface area contributed by atoms with Gasteiger partial charge in [-0.05, 0) is 38.5 Å². The summed E-state index contributed by atoms with van der Waals surface area (Å²) in [5.74, 6) is -1.59. The number of hydrogen-bond donors (Lipinski definition) is 0. The fraction of sp³-hybridized carbons (Fsp3) is 0.737. The molecule has 0 rings (SSSR count). The van der Waals surface area contributed by atoms with Crippen molar-refractivity contribution in [3.05, 3.63) is 24.3 Å². The zero-order valence-corrected chi connectivity index (χ0v) is 14.3. The molecule has 0 atom stereocenters. The second-order valence-electron chi connectivity index (χ2n) is 5.90. The Morgan fingerprint density at radius 1 is 0.783 bits per heavy atom. The number of unbranched alkanes of at least 4 members (excludes halogenated alkanes) is 8. The molecule has 0 radical (unpaired) electrons. The third kappa shape index (κ3) is 15.6. The van der Waals surface area contributed by atoms with Crippen LogP contribution in [0.2, 0.25) is 0 Å². The highest BCUT2D eigenvalue weighted by Crippen LogP contribution is 2.19. The molecule has 0 heterocycles. The van der Waals surface area contributed by atoms with Crippen molar-refractivity contribution in [3.8, 4) is 0 Å². The minimum Gasteiger partial charge on any atom is -0.290 e. The maximum Gasteiger partial charge on any atom is 0.449 e. The minimum absolute atomic E-state index is 0.344. The molecule has 0 amide bonds. The predicted octanol–water partition coefficient (Wildman–Crippen LogP) is 6.93. The van der Waals surface area contributed by atoms with Gasteiger partial charge < -0.3 is 0 Å².